The van der Waals surface area contributed by atoms with Gasteiger partial charge in [0.15, 0.2) is 27.1 Å². The van der Waals surface area contributed by atoms with E-state index in [-0.39, 0.29) is 0 Å². The van der Waals surface area contributed by atoms with Crippen molar-refractivity contribution in [1.29, 1.82) is 0 Å². The number of hydrogen-bond acceptors (Lipinski definition) is 8. The number of rotatable bonds is 7. The van der Waals surface area contributed by atoms with Gasteiger partial charge in [0, 0.05) is 0 Å². The van der Waals surface area contributed by atoms with Gasteiger partial charge in [-0.1, -0.05) is 0 Å². The van der Waals surface area contributed by atoms with E-state index in [1.54, 1.807) is 0 Å². The van der Waals surface area contributed by atoms with Crippen molar-refractivity contribution in [2.75, 3.05) is 0 Å². The molecular formula is C5H5N3O10. The lowest BCUT2D eigenvalue weighted by Crippen LogP contribution is -2.55. The van der Waals surface area contributed by atoms with E-state index in [9.17, 15) is 39.9 Å². The molecule has 0 bridgehead atoms. The molecule has 13 nitrogen and oxygen atoms in total. The topological polar surface area (TPSA) is 204 Å². The molecule has 0 aromatic rings. The highest BCUT2D eigenvalue weighted by atomic mass is 16.7. The largest absolute Gasteiger partial charge is 0.701 e. The van der Waals surface area contributed by atoms with Gasteiger partial charge in [0.05, 0.1) is 0 Å². The van der Waals surface area contributed by atoms with E-state index in [0.29, 0.717) is 0 Å². The monoisotopic (exact) mass is 267 g/mol. The van der Waals surface area contributed by atoms with Crippen LogP contribution in [0, 0.1) is 36.3 Å². The number of hydrogen-bond donors (Lipinski definition) is 2. The first-order valence-electron chi connectivity index (χ1n) is 3.96. The zero-order chi connectivity index (χ0) is 14.7. The molecule has 0 radical (unpaired) electrons. The minimum atomic E-state index is -4.11. The molecule has 0 heterocycles. The maximum Gasteiger partial charge on any atom is 0.701 e. The third-order valence-electron chi connectivity index (χ3n) is 1.95. The first-order valence-corrected chi connectivity index (χ1v) is 3.96. The number of carboxylic acids is 2. The van der Waals surface area contributed by atoms with Crippen LogP contribution in [0.3, 0.4) is 0 Å². The molecule has 0 aliphatic carbocycles. The smallest absolute Gasteiger partial charge is 0.481 e. The van der Waals surface area contributed by atoms with Crippen molar-refractivity contribution in [2.45, 2.75) is 12.2 Å². The van der Waals surface area contributed by atoms with Crippen molar-refractivity contribution in [3.63, 3.8) is 0 Å². The van der Waals surface area contributed by atoms with Gasteiger partial charge in [0.1, 0.15) is 0 Å². The summed E-state index contributed by atoms with van der Waals surface area (Å²) in [6.07, 6.45) is -1.91. The van der Waals surface area contributed by atoms with Gasteiger partial charge in [-0.05, 0) is 0 Å². The van der Waals surface area contributed by atoms with Gasteiger partial charge < -0.3 is 10.2 Å². The molecule has 0 rings (SSSR count). The Morgan fingerprint density at radius 3 is 1.39 bits per heavy atom. The van der Waals surface area contributed by atoms with Crippen LogP contribution in [0.4, 0.5) is 0 Å². The highest BCUT2D eigenvalue weighted by Crippen LogP contribution is 2.23. The molecule has 0 aromatic carbocycles. The Bertz CT molecular complexity index is 379. The highest BCUT2D eigenvalue weighted by Gasteiger charge is 2.72. The maximum absolute atomic E-state index is 10.4. The summed E-state index contributed by atoms with van der Waals surface area (Å²) in [6, 6.07) is 0. The van der Waals surface area contributed by atoms with Crippen molar-refractivity contribution in [3.05, 3.63) is 30.3 Å². The van der Waals surface area contributed by atoms with Crippen LogP contribution in [-0.4, -0.2) is 42.7 Å². The molecule has 0 amide bonds. The lowest BCUT2D eigenvalue weighted by molar-refractivity contribution is -0.970. The van der Waals surface area contributed by atoms with E-state index in [0.717, 1.165) is 0 Å². The Hall–Kier alpha value is -2.86. The Morgan fingerprint density at radius 1 is 0.944 bits per heavy atom. The van der Waals surface area contributed by atoms with Crippen molar-refractivity contribution in [3.8, 4) is 0 Å². The van der Waals surface area contributed by atoms with Gasteiger partial charge in [-0.25, -0.2) is 0 Å². The number of nitrogens with zero attached hydrogens (tertiary/aromatic N) is 3. The fraction of sp³-hybridized carbons (Fsp3) is 0.600. The van der Waals surface area contributed by atoms with Crippen LogP contribution < -0.4 is 0 Å². The molecular weight excluding hydrogens is 262 g/mol. The van der Waals surface area contributed by atoms with E-state index in [1.165, 1.54) is 0 Å². The van der Waals surface area contributed by atoms with Crippen LogP contribution in [0.1, 0.15) is 6.42 Å². The third-order valence-corrected chi connectivity index (χ3v) is 1.95. The van der Waals surface area contributed by atoms with Crippen molar-refractivity contribution < 1.29 is 34.6 Å². The van der Waals surface area contributed by atoms with Crippen LogP contribution >= 0.6 is 0 Å². The van der Waals surface area contributed by atoms with Crippen molar-refractivity contribution >= 4 is 11.9 Å². The molecule has 18 heavy (non-hydrogen) atoms. The summed E-state index contributed by atoms with van der Waals surface area (Å²) in [7, 11) is 0. The second kappa shape index (κ2) is 4.98. The van der Waals surface area contributed by atoms with Crippen LogP contribution in [0.5, 0.6) is 0 Å². The zero-order valence-corrected chi connectivity index (χ0v) is 8.29. The van der Waals surface area contributed by atoms with Gasteiger partial charge in [0.2, 0.25) is 0 Å². The summed E-state index contributed by atoms with van der Waals surface area (Å²) in [5.74, 6) is -11.1. The fourth-order valence-electron chi connectivity index (χ4n) is 0.978. The maximum atomic E-state index is 10.4. The molecule has 0 aliphatic heterocycles. The SMILES string of the molecule is O=C(O)C(CC([N+](=O)[O-])([N+](=O)[O-])[N+](=O)[O-])C(=O)O. The minimum absolute atomic E-state index is 1.91. The normalized spacial score (nSPS) is 10.9. The first kappa shape index (κ1) is 15.1. The summed E-state index contributed by atoms with van der Waals surface area (Å²) >= 11 is 0. The summed E-state index contributed by atoms with van der Waals surface area (Å²) in [5.41, 5.74) is 0. The number of carboxylic acid groups (broad SMARTS) is 2. The van der Waals surface area contributed by atoms with Gasteiger partial charge >= 0.3 is 17.7 Å². The Labute approximate surface area is 96.1 Å². The molecule has 13 heteroatoms. The van der Waals surface area contributed by atoms with E-state index >= 15 is 0 Å². The van der Waals surface area contributed by atoms with Crippen molar-refractivity contribution in [2.24, 2.45) is 5.92 Å². The van der Waals surface area contributed by atoms with Crippen LogP contribution in [0.15, 0.2) is 0 Å². The summed E-state index contributed by atoms with van der Waals surface area (Å²) in [4.78, 5) is 46.3. The number of carbonyl (C=O) groups is 2. The van der Waals surface area contributed by atoms with Gasteiger partial charge in [0.25, 0.3) is 0 Å². The summed E-state index contributed by atoms with van der Waals surface area (Å²) in [6.45, 7) is 0. The second-order valence-corrected chi connectivity index (χ2v) is 2.98. The van der Waals surface area contributed by atoms with Crippen molar-refractivity contribution in [1.82, 2.24) is 0 Å². The summed E-state index contributed by atoms with van der Waals surface area (Å²) in [5, 5.41) is 48.1. The van der Waals surface area contributed by atoms with E-state index in [2.05, 4.69) is 0 Å². The standard InChI is InChI=1S/C5H5N3O10/c9-3(10)2(4(11)12)1-5(6(13)14,7(15)16)8(17)18/h2H,1H2,(H,9,10)(H,11,12). The molecule has 0 aliphatic rings. The third kappa shape index (κ3) is 2.45. The molecule has 100 valence electrons. The Kier molecular flexibility index (Phi) is 4.19. The van der Waals surface area contributed by atoms with E-state index in [4.69, 9.17) is 10.2 Å². The predicted octanol–water partition coefficient (Wildman–Crippen LogP) is -1.35. The van der Waals surface area contributed by atoms with E-state index in [1.807, 2.05) is 0 Å². The lowest BCUT2D eigenvalue weighted by Gasteiger charge is -2.11. The average molecular weight is 267 g/mol. The molecule has 0 saturated heterocycles. The number of nitro groups is 3. The zero-order valence-electron chi connectivity index (χ0n) is 8.29. The van der Waals surface area contributed by atoms with Gasteiger partial charge in [-0.3, -0.25) is 39.9 Å². The van der Waals surface area contributed by atoms with Crippen LogP contribution in [-0.2, 0) is 9.59 Å². The molecule has 0 spiro atoms. The van der Waals surface area contributed by atoms with E-state index < -0.39 is 44.8 Å². The molecule has 0 fully saturated rings. The van der Waals surface area contributed by atoms with Crippen LogP contribution in [0.2, 0.25) is 0 Å². The average Bonchev–Trinajstić information content (AvgIpc) is 2.15. The molecule has 0 atom stereocenters. The predicted molar refractivity (Wildman–Crippen MR) is 47.1 cm³/mol. The fourth-order valence-corrected chi connectivity index (χ4v) is 0.978. The molecule has 0 unspecified atom stereocenters. The van der Waals surface area contributed by atoms with Gasteiger partial charge in [-0.2, -0.15) is 0 Å². The highest BCUT2D eigenvalue weighted by molar-refractivity contribution is 5.92. The quantitative estimate of drug-likeness (QED) is 0.240. The first-order chi connectivity index (χ1) is 8.07. The van der Waals surface area contributed by atoms with Gasteiger partial charge in [-0.15, -0.1) is 0 Å². The molecule has 2 N–H and O–H groups in total. The lowest BCUT2D eigenvalue weighted by atomic mass is 10.0. The Morgan fingerprint density at radius 2 is 1.22 bits per heavy atom. The molecule has 0 aromatic heterocycles. The minimum Gasteiger partial charge on any atom is -0.481 e. The second-order valence-electron chi connectivity index (χ2n) is 2.98. The molecule has 0 saturated carbocycles. The Balaban J connectivity index is 5.69. The number of aliphatic carboxylic acids is 2. The summed E-state index contributed by atoms with van der Waals surface area (Å²) < 4.78 is 0. The van der Waals surface area contributed by atoms with Crippen LogP contribution in [0.25, 0.3) is 0 Å².